The van der Waals surface area contributed by atoms with Crippen molar-refractivity contribution in [2.45, 2.75) is 31.3 Å². The fourth-order valence-corrected chi connectivity index (χ4v) is 3.87. The third-order valence-electron chi connectivity index (χ3n) is 3.82. The molecule has 3 rings (SSSR count). The summed E-state index contributed by atoms with van der Waals surface area (Å²) in [6.07, 6.45) is 0. The van der Waals surface area contributed by atoms with Gasteiger partial charge in [-0.15, -0.1) is 0 Å². The SMILES string of the molecule is COC(=O)c1ccc(CSc2nc3ccc(Br)cc3c(=O)n2CC(C)C)o1. The number of hydrogen-bond acceptors (Lipinski definition) is 6. The van der Waals surface area contributed by atoms with Gasteiger partial charge in [0.1, 0.15) is 5.76 Å². The number of fused-ring (bicyclic) bond motifs is 1. The molecule has 0 aliphatic heterocycles. The average Bonchev–Trinajstić information content (AvgIpc) is 3.11. The van der Waals surface area contributed by atoms with Gasteiger partial charge in [0.25, 0.3) is 5.56 Å². The van der Waals surface area contributed by atoms with E-state index in [2.05, 4.69) is 39.5 Å². The normalized spacial score (nSPS) is 11.3. The van der Waals surface area contributed by atoms with Gasteiger partial charge in [0, 0.05) is 11.0 Å². The molecular formula is C19H19BrN2O4S. The van der Waals surface area contributed by atoms with E-state index in [4.69, 9.17) is 4.42 Å². The number of methoxy groups -OCH3 is 1. The van der Waals surface area contributed by atoms with E-state index in [1.165, 1.54) is 18.9 Å². The number of benzene rings is 1. The van der Waals surface area contributed by atoms with Gasteiger partial charge in [0.2, 0.25) is 5.76 Å². The summed E-state index contributed by atoms with van der Waals surface area (Å²) in [6.45, 7) is 4.69. The monoisotopic (exact) mass is 450 g/mol. The zero-order valence-electron chi connectivity index (χ0n) is 15.2. The van der Waals surface area contributed by atoms with Crippen LogP contribution in [0.2, 0.25) is 0 Å². The fraction of sp³-hybridized carbons (Fsp3) is 0.316. The van der Waals surface area contributed by atoms with Gasteiger partial charge in [-0.1, -0.05) is 41.5 Å². The topological polar surface area (TPSA) is 74.3 Å². The maximum absolute atomic E-state index is 13.0. The lowest BCUT2D eigenvalue weighted by molar-refractivity contribution is 0.0563. The van der Waals surface area contributed by atoms with Crippen molar-refractivity contribution in [1.29, 1.82) is 0 Å². The highest BCUT2D eigenvalue weighted by Gasteiger charge is 2.15. The van der Waals surface area contributed by atoms with Crippen molar-refractivity contribution in [1.82, 2.24) is 9.55 Å². The number of carbonyl (C=O) groups is 1. The maximum Gasteiger partial charge on any atom is 0.373 e. The summed E-state index contributed by atoms with van der Waals surface area (Å²) in [6, 6.07) is 8.79. The first-order valence-electron chi connectivity index (χ1n) is 8.39. The van der Waals surface area contributed by atoms with Crippen LogP contribution < -0.4 is 5.56 Å². The molecule has 8 heteroatoms. The van der Waals surface area contributed by atoms with Crippen LogP contribution in [0.5, 0.6) is 0 Å². The minimum atomic E-state index is -0.516. The zero-order valence-corrected chi connectivity index (χ0v) is 17.6. The average molecular weight is 451 g/mol. The molecule has 0 aliphatic rings. The Morgan fingerprint density at radius 2 is 2.11 bits per heavy atom. The minimum Gasteiger partial charge on any atom is -0.463 e. The van der Waals surface area contributed by atoms with Crippen molar-refractivity contribution in [3.63, 3.8) is 0 Å². The third kappa shape index (κ3) is 4.44. The molecule has 0 radical (unpaired) electrons. The number of esters is 1. The molecule has 0 N–H and O–H groups in total. The Kier molecular flexibility index (Phi) is 6.06. The van der Waals surface area contributed by atoms with Crippen molar-refractivity contribution in [3.05, 3.63) is 56.7 Å². The minimum absolute atomic E-state index is 0.0628. The summed E-state index contributed by atoms with van der Waals surface area (Å²) in [5, 5.41) is 1.21. The van der Waals surface area contributed by atoms with E-state index in [1.54, 1.807) is 22.8 Å². The highest BCUT2D eigenvalue weighted by molar-refractivity contribution is 9.10. The van der Waals surface area contributed by atoms with Crippen LogP contribution in [0.15, 0.2) is 49.2 Å². The van der Waals surface area contributed by atoms with Crippen molar-refractivity contribution < 1.29 is 13.9 Å². The lowest BCUT2D eigenvalue weighted by Crippen LogP contribution is -2.25. The number of nitrogens with zero attached hydrogens (tertiary/aromatic N) is 2. The summed E-state index contributed by atoms with van der Waals surface area (Å²) in [5.41, 5.74) is 0.590. The molecule has 6 nitrogen and oxygen atoms in total. The maximum atomic E-state index is 13.0. The molecule has 142 valence electrons. The van der Waals surface area contributed by atoms with Gasteiger partial charge in [-0.3, -0.25) is 9.36 Å². The van der Waals surface area contributed by atoms with Crippen LogP contribution in [-0.2, 0) is 17.0 Å². The first kappa shape index (κ1) is 19.7. The molecular weight excluding hydrogens is 432 g/mol. The van der Waals surface area contributed by atoms with Gasteiger partial charge in [0.15, 0.2) is 5.16 Å². The first-order chi connectivity index (χ1) is 12.9. The Morgan fingerprint density at radius 1 is 1.33 bits per heavy atom. The largest absolute Gasteiger partial charge is 0.463 e. The number of ether oxygens (including phenoxy) is 1. The van der Waals surface area contributed by atoms with E-state index < -0.39 is 5.97 Å². The Hall–Kier alpha value is -2.06. The zero-order chi connectivity index (χ0) is 19.6. The number of hydrogen-bond donors (Lipinski definition) is 0. The van der Waals surface area contributed by atoms with Crippen LogP contribution in [0.3, 0.4) is 0 Å². The van der Waals surface area contributed by atoms with Crippen LogP contribution in [0.1, 0.15) is 30.2 Å². The van der Waals surface area contributed by atoms with Crippen molar-refractivity contribution in [3.8, 4) is 0 Å². The molecule has 0 atom stereocenters. The third-order valence-corrected chi connectivity index (χ3v) is 5.31. The van der Waals surface area contributed by atoms with Crippen molar-refractivity contribution in [2.24, 2.45) is 5.92 Å². The van der Waals surface area contributed by atoms with Gasteiger partial charge in [-0.2, -0.15) is 0 Å². The summed E-state index contributed by atoms with van der Waals surface area (Å²) < 4.78 is 12.7. The van der Waals surface area contributed by atoms with E-state index in [0.717, 1.165) is 4.47 Å². The number of aromatic nitrogens is 2. The van der Waals surface area contributed by atoms with Crippen LogP contribution >= 0.6 is 27.7 Å². The van der Waals surface area contributed by atoms with Gasteiger partial charge in [-0.05, 0) is 36.2 Å². The molecule has 0 aliphatic carbocycles. The molecule has 0 fully saturated rings. The summed E-state index contributed by atoms with van der Waals surface area (Å²) in [5.74, 6) is 0.995. The quantitative estimate of drug-likeness (QED) is 0.313. The fourth-order valence-electron chi connectivity index (χ4n) is 2.61. The number of rotatable bonds is 6. The van der Waals surface area contributed by atoms with Gasteiger partial charge in [0.05, 0.1) is 23.8 Å². The van der Waals surface area contributed by atoms with Crippen LogP contribution in [-0.4, -0.2) is 22.6 Å². The predicted octanol–water partition coefficient (Wildman–Crippen LogP) is 4.49. The Morgan fingerprint density at radius 3 is 2.81 bits per heavy atom. The second-order valence-corrected chi connectivity index (χ2v) is 8.27. The molecule has 2 aromatic heterocycles. The van der Waals surface area contributed by atoms with Crippen LogP contribution in [0.25, 0.3) is 10.9 Å². The van der Waals surface area contributed by atoms with E-state index in [-0.39, 0.29) is 11.3 Å². The number of thioether (sulfide) groups is 1. The van der Waals surface area contributed by atoms with Crippen molar-refractivity contribution in [2.75, 3.05) is 7.11 Å². The lowest BCUT2D eigenvalue weighted by atomic mass is 10.2. The molecule has 27 heavy (non-hydrogen) atoms. The highest BCUT2D eigenvalue weighted by atomic mass is 79.9. The highest BCUT2D eigenvalue weighted by Crippen LogP contribution is 2.25. The lowest BCUT2D eigenvalue weighted by Gasteiger charge is -2.14. The second-order valence-electron chi connectivity index (χ2n) is 6.41. The van der Waals surface area contributed by atoms with Crippen LogP contribution in [0, 0.1) is 5.92 Å². The smallest absolute Gasteiger partial charge is 0.373 e. The molecule has 0 amide bonds. The summed E-state index contributed by atoms with van der Waals surface area (Å²) in [4.78, 5) is 29.2. The molecule has 0 bridgehead atoms. The molecule has 2 heterocycles. The van der Waals surface area contributed by atoms with E-state index in [9.17, 15) is 9.59 Å². The summed E-state index contributed by atoms with van der Waals surface area (Å²) >= 11 is 4.81. The molecule has 1 aromatic carbocycles. The van der Waals surface area contributed by atoms with Crippen LogP contribution in [0.4, 0.5) is 0 Å². The predicted molar refractivity (Wildman–Crippen MR) is 108 cm³/mol. The number of halogens is 1. The van der Waals surface area contributed by atoms with E-state index in [0.29, 0.717) is 40.0 Å². The Bertz CT molecular complexity index is 1040. The first-order valence-corrected chi connectivity index (χ1v) is 10.2. The second kappa shape index (κ2) is 8.31. The summed E-state index contributed by atoms with van der Waals surface area (Å²) in [7, 11) is 1.31. The van der Waals surface area contributed by atoms with E-state index in [1.807, 2.05) is 12.1 Å². The molecule has 3 aromatic rings. The standard InChI is InChI=1S/C19H19BrN2O4S/c1-11(2)9-22-17(23)14-8-12(20)4-6-15(14)21-19(22)27-10-13-5-7-16(26-13)18(24)25-3/h4-8,11H,9-10H2,1-3H3. The van der Waals surface area contributed by atoms with Gasteiger partial charge < -0.3 is 9.15 Å². The molecule has 0 spiro atoms. The molecule has 0 saturated carbocycles. The Labute approximate surface area is 169 Å². The Balaban J connectivity index is 1.94. The molecule has 0 saturated heterocycles. The molecule has 0 unspecified atom stereocenters. The number of furan rings is 1. The van der Waals surface area contributed by atoms with Gasteiger partial charge in [-0.25, -0.2) is 9.78 Å². The van der Waals surface area contributed by atoms with Crippen molar-refractivity contribution >= 4 is 44.6 Å². The van der Waals surface area contributed by atoms with E-state index >= 15 is 0 Å². The van der Waals surface area contributed by atoms with Gasteiger partial charge >= 0.3 is 5.97 Å². The number of carbonyl (C=O) groups excluding carboxylic acids is 1.